The Labute approximate surface area is 103 Å². The molecule has 1 saturated heterocycles. The van der Waals surface area contributed by atoms with E-state index >= 15 is 0 Å². The Hall–Kier alpha value is -1.35. The first-order chi connectivity index (χ1) is 8.16. The number of piperidine rings is 1. The normalized spacial score (nSPS) is 21.4. The number of likely N-dealkylation sites (tertiary alicyclic amines) is 1. The maximum Gasteiger partial charge on any atom is 0.176 e. The second kappa shape index (κ2) is 5.32. The van der Waals surface area contributed by atoms with E-state index in [4.69, 9.17) is 5.73 Å². The highest BCUT2D eigenvalue weighted by atomic mass is 16.1. The molecule has 0 bridgehead atoms. The third kappa shape index (κ3) is 3.07. The molecule has 0 aliphatic carbocycles. The van der Waals surface area contributed by atoms with Gasteiger partial charge in [0, 0.05) is 17.3 Å². The minimum atomic E-state index is 0.172. The molecule has 2 N–H and O–H groups in total. The molecule has 0 amide bonds. The summed E-state index contributed by atoms with van der Waals surface area (Å²) in [5.74, 6) is 0.172. The molecule has 1 fully saturated rings. The average Bonchev–Trinajstić information content (AvgIpc) is 2.32. The van der Waals surface area contributed by atoms with Crippen LogP contribution in [0.25, 0.3) is 0 Å². The van der Waals surface area contributed by atoms with Crippen molar-refractivity contribution >= 4 is 11.5 Å². The first-order valence-electron chi connectivity index (χ1n) is 6.29. The lowest BCUT2D eigenvalue weighted by Gasteiger charge is -2.32. The topological polar surface area (TPSA) is 46.3 Å². The van der Waals surface area contributed by atoms with Gasteiger partial charge in [0.15, 0.2) is 5.78 Å². The number of rotatable bonds is 3. The van der Waals surface area contributed by atoms with E-state index in [1.165, 1.54) is 19.3 Å². The number of benzene rings is 1. The van der Waals surface area contributed by atoms with E-state index in [1.54, 1.807) is 12.1 Å². The van der Waals surface area contributed by atoms with Crippen LogP contribution in [-0.2, 0) is 0 Å². The van der Waals surface area contributed by atoms with Crippen LogP contribution in [-0.4, -0.2) is 29.8 Å². The van der Waals surface area contributed by atoms with Gasteiger partial charge in [0.1, 0.15) is 0 Å². The molecule has 0 saturated carbocycles. The summed E-state index contributed by atoms with van der Waals surface area (Å²) in [7, 11) is 0. The summed E-state index contributed by atoms with van der Waals surface area (Å²) >= 11 is 0. The molecule has 1 heterocycles. The monoisotopic (exact) mass is 232 g/mol. The molecule has 1 aromatic carbocycles. The van der Waals surface area contributed by atoms with Gasteiger partial charge in [0.05, 0.1) is 6.54 Å². The molecule has 92 valence electrons. The van der Waals surface area contributed by atoms with Crippen molar-refractivity contribution in [2.24, 2.45) is 0 Å². The van der Waals surface area contributed by atoms with Crippen LogP contribution in [0.5, 0.6) is 0 Å². The maximum absolute atomic E-state index is 12.1. The zero-order valence-electron chi connectivity index (χ0n) is 10.4. The molecule has 2 rings (SSSR count). The van der Waals surface area contributed by atoms with Crippen molar-refractivity contribution in [1.82, 2.24) is 4.90 Å². The number of anilines is 1. The fourth-order valence-corrected chi connectivity index (χ4v) is 2.38. The molecule has 0 radical (unpaired) electrons. The zero-order chi connectivity index (χ0) is 12.3. The molecule has 0 spiro atoms. The van der Waals surface area contributed by atoms with E-state index < -0.39 is 0 Å². The predicted octanol–water partition coefficient (Wildman–Crippen LogP) is 2.33. The van der Waals surface area contributed by atoms with E-state index in [0.29, 0.717) is 18.3 Å². The molecule has 1 atom stereocenters. The molecule has 17 heavy (non-hydrogen) atoms. The molecule has 1 aromatic rings. The molecular weight excluding hydrogens is 212 g/mol. The second-order valence-electron chi connectivity index (χ2n) is 4.86. The summed E-state index contributed by atoms with van der Waals surface area (Å²) in [5.41, 5.74) is 7.07. The average molecular weight is 232 g/mol. The molecule has 1 aliphatic rings. The van der Waals surface area contributed by atoms with Crippen molar-refractivity contribution in [1.29, 1.82) is 0 Å². The number of nitrogens with zero attached hydrogens (tertiary/aromatic N) is 1. The van der Waals surface area contributed by atoms with E-state index in [9.17, 15) is 4.79 Å². The van der Waals surface area contributed by atoms with Crippen molar-refractivity contribution < 1.29 is 4.79 Å². The van der Waals surface area contributed by atoms with Gasteiger partial charge >= 0.3 is 0 Å². The lowest BCUT2D eigenvalue weighted by atomic mass is 10.0. The van der Waals surface area contributed by atoms with Gasteiger partial charge in [-0.2, -0.15) is 0 Å². The Balaban J connectivity index is 2.01. The van der Waals surface area contributed by atoms with Gasteiger partial charge in [-0.25, -0.2) is 0 Å². The zero-order valence-corrected chi connectivity index (χ0v) is 10.4. The van der Waals surface area contributed by atoms with Crippen molar-refractivity contribution in [3.05, 3.63) is 29.8 Å². The third-order valence-electron chi connectivity index (χ3n) is 3.50. The van der Waals surface area contributed by atoms with E-state index in [0.717, 1.165) is 12.1 Å². The number of Topliss-reactive ketones (excluding diaryl/α,β-unsaturated/α-hetero) is 1. The van der Waals surface area contributed by atoms with Crippen LogP contribution in [0, 0.1) is 0 Å². The third-order valence-corrected chi connectivity index (χ3v) is 3.50. The first kappa shape index (κ1) is 12.1. The second-order valence-corrected chi connectivity index (χ2v) is 4.86. The van der Waals surface area contributed by atoms with Crippen molar-refractivity contribution in [2.45, 2.75) is 32.2 Å². The summed E-state index contributed by atoms with van der Waals surface area (Å²) in [4.78, 5) is 14.4. The van der Waals surface area contributed by atoms with Crippen LogP contribution in [0.2, 0.25) is 0 Å². The Kier molecular flexibility index (Phi) is 3.79. The van der Waals surface area contributed by atoms with Crippen molar-refractivity contribution in [2.75, 3.05) is 18.8 Å². The molecule has 3 heteroatoms. The van der Waals surface area contributed by atoms with Crippen LogP contribution in [0.3, 0.4) is 0 Å². The standard InChI is InChI=1S/C14H20N2O/c1-11-5-2-3-8-16(11)10-14(17)12-6-4-7-13(15)9-12/h4,6-7,9,11H,2-3,5,8,10,15H2,1H3. The maximum atomic E-state index is 12.1. The molecule has 0 aromatic heterocycles. The lowest BCUT2D eigenvalue weighted by Crippen LogP contribution is -2.40. The summed E-state index contributed by atoms with van der Waals surface area (Å²) < 4.78 is 0. The number of carbonyl (C=O) groups excluding carboxylic acids is 1. The molecule has 1 aliphatic heterocycles. The molecule has 1 unspecified atom stereocenters. The molecule has 3 nitrogen and oxygen atoms in total. The van der Waals surface area contributed by atoms with Crippen molar-refractivity contribution in [3.63, 3.8) is 0 Å². The van der Waals surface area contributed by atoms with Gasteiger partial charge in [-0.1, -0.05) is 18.6 Å². The van der Waals surface area contributed by atoms with Crippen LogP contribution in [0.15, 0.2) is 24.3 Å². The minimum Gasteiger partial charge on any atom is -0.399 e. The predicted molar refractivity (Wildman–Crippen MR) is 70.1 cm³/mol. The lowest BCUT2D eigenvalue weighted by molar-refractivity contribution is 0.0860. The van der Waals surface area contributed by atoms with E-state index in [-0.39, 0.29) is 5.78 Å². The highest BCUT2D eigenvalue weighted by molar-refractivity contribution is 5.98. The summed E-state index contributed by atoms with van der Waals surface area (Å²) in [5, 5.41) is 0. The molecular formula is C14H20N2O. The highest BCUT2D eigenvalue weighted by Gasteiger charge is 2.20. The fourth-order valence-electron chi connectivity index (χ4n) is 2.38. The Bertz CT molecular complexity index is 403. The Morgan fingerprint density at radius 3 is 3.00 bits per heavy atom. The van der Waals surface area contributed by atoms with Crippen molar-refractivity contribution in [3.8, 4) is 0 Å². The van der Waals surface area contributed by atoms with Gasteiger partial charge in [-0.3, -0.25) is 9.69 Å². The Morgan fingerprint density at radius 2 is 2.29 bits per heavy atom. The quantitative estimate of drug-likeness (QED) is 0.642. The van der Waals surface area contributed by atoms with Crippen LogP contribution >= 0.6 is 0 Å². The smallest absolute Gasteiger partial charge is 0.176 e. The fraction of sp³-hybridized carbons (Fsp3) is 0.500. The van der Waals surface area contributed by atoms with Crippen LogP contribution < -0.4 is 5.73 Å². The number of carbonyl (C=O) groups is 1. The van der Waals surface area contributed by atoms with Gasteiger partial charge in [-0.15, -0.1) is 0 Å². The van der Waals surface area contributed by atoms with Crippen LogP contribution in [0.4, 0.5) is 5.69 Å². The Morgan fingerprint density at radius 1 is 1.47 bits per heavy atom. The summed E-state index contributed by atoms with van der Waals surface area (Å²) in [6.45, 7) is 3.76. The number of nitrogen functional groups attached to an aromatic ring is 1. The summed E-state index contributed by atoms with van der Waals surface area (Å²) in [6, 6.07) is 7.76. The number of nitrogens with two attached hydrogens (primary N) is 1. The van der Waals surface area contributed by atoms with Gasteiger partial charge in [0.25, 0.3) is 0 Å². The first-order valence-corrected chi connectivity index (χ1v) is 6.29. The van der Waals surface area contributed by atoms with Gasteiger partial charge in [-0.05, 0) is 38.4 Å². The van der Waals surface area contributed by atoms with E-state index in [2.05, 4.69) is 11.8 Å². The largest absolute Gasteiger partial charge is 0.399 e. The van der Waals surface area contributed by atoms with E-state index in [1.807, 2.05) is 12.1 Å². The van der Waals surface area contributed by atoms with Gasteiger partial charge in [0.2, 0.25) is 0 Å². The minimum absolute atomic E-state index is 0.172. The number of hydrogen-bond donors (Lipinski definition) is 1. The number of hydrogen-bond acceptors (Lipinski definition) is 3. The summed E-state index contributed by atoms with van der Waals surface area (Å²) in [6.07, 6.45) is 3.68. The van der Waals surface area contributed by atoms with Gasteiger partial charge < -0.3 is 5.73 Å². The SMILES string of the molecule is CC1CCCCN1CC(=O)c1cccc(N)c1. The van der Waals surface area contributed by atoms with Crippen LogP contribution in [0.1, 0.15) is 36.5 Å². The highest BCUT2D eigenvalue weighted by Crippen LogP contribution is 2.17. The number of ketones is 1.